The van der Waals surface area contributed by atoms with Crippen LogP contribution in [0.15, 0.2) is 29.3 Å². The van der Waals surface area contributed by atoms with Gasteiger partial charge in [0, 0.05) is 6.04 Å². The molecule has 0 spiro atoms. The van der Waals surface area contributed by atoms with Gasteiger partial charge < -0.3 is 5.32 Å². The standard InChI is InChI=1S/C19H25N3OS/c1-12-7-6-10-15(13(12)2)21-18(23)11-24-19-14(3)20-16-8-4-5-9-17(16)22-19/h4-5,8-9,12-13,15H,6-7,10-11H2,1-3H3,(H,21,23)/t12-,13+,15-/m0/s1. The van der Waals surface area contributed by atoms with Crippen molar-refractivity contribution in [3.05, 3.63) is 30.0 Å². The molecule has 0 radical (unpaired) electrons. The van der Waals surface area contributed by atoms with Crippen LogP contribution in [-0.2, 0) is 4.79 Å². The van der Waals surface area contributed by atoms with Crippen molar-refractivity contribution in [3.8, 4) is 0 Å². The van der Waals surface area contributed by atoms with Gasteiger partial charge in [-0.3, -0.25) is 4.79 Å². The van der Waals surface area contributed by atoms with Crippen molar-refractivity contribution in [3.63, 3.8) is 0 Å². The first-order valence-electron chi connectivity index (χ1n) is 8.70. The Kier molecular flexibility index (Phi) is 5.39. The van der Waals surface area contributed by atoms with Crippen LogP contribution in [0.5, 0.6) is 0 Å². The summed E-state index contributed by atoms with van der Waals surface area (Å²) < 4.78 is 0. The van der Waals surface area contributed by atoms with E-state index in [-0.39, 0.29) is 5.91 Å². The number of carbonyl (C=O) groups is 1. The number of nitrogens with zero attached hydrogens (tertiary/aromatic N) is 2. The van der Waals surface area contributed by atoms with E-state index in [1.807, 2.05) is 31.2 Å². The minimum Gasteiger partial charge on any atom is -0.352 e. The van der Waals surface area contributed by atoms with E-state index < -0.39 is 0 Å². The number of fused-ring (bicyclic) bond motifs is 1. The third kappa shape index (κ3) is 3.89. The molecule has 3 atom stereocenters. The monoisotopic (exact) mass is 343 g/mol. The molecule has 1 N–H and O–H groups in total. The first-order valence-corrected chi connectivity index (χ1v) is 9.68. The van der Waals surface area contributed by atoms with E-state index in [2.05, 4.69) is 29.1 Å². The highest BCUT2D eigenvalue weighted by Crippen LogP contribution is 2.29. The quantitative estimate of drug-likeness (QED) is 0.854. The Labute approximate surface area is 147 Å². The Morgan fingerprint density at radius 1 is 1.21 bits per heavy atom. The molecule has 128 valence electrons. The van der Waals surface area contributed by atoms with Gasteiger partial charge in [-0.2, -0.15) is 0 Å². The second kappa shape index (κ2) is 7.51. The Morgan fingerprint density at radius 2 is 1.92 bits per heavy atom. The normalized spacial score (nSPS) is 24.0. The molecule has 0 aliphatic heterocycles. The van der Waals surface area contributed by atoms with Crippen molar-refractivity contribution < 1.29 is 4.79 Å². The fourth-order valence-corrected chi connectivity index (χ4v) is 4.15. The van der Waals surface area contributed by atoms with E-state index >= 15 is 0 Å². The van der Waals surface area contributed by atoms with Crippen molar-refractivity contribution >= 4 is 28.7 Å². The van der Waals surface area contributed by atoms with Gasteiger partial charge in [-0.05, 0) is 37.3 Å². The zero-order chi connectivity index (χ0) is 17.1. The van der Waals surface area contributed by atoms with Crippen molar-refractivity contribution in [2.45, 2.75) is 51.1 Å². The number of amides is 1. The van der Waals surface area contributed by atoms with Crippen LogP contribution in [-0.4, -0.2) is 27.7 Å². The molecule has 1 aromatic heterocycles. The van der Waals surface area contributed by atoms with Gasteiger partial charge in [-0.1, -0.05) is 50.6 Å². The molecule has 1 aliphatic carbocycles. The van der Waals surface area contributed by atoms with Crippen molar-refractivity contribution in [2.75, 3.05) is 5.75 Å². The van der Waals surface area contributed by atoms with Gasteiger partial charge in [-0.25, -0.2) is 9.97 Å². The number of nitrogens with one attached hydrogen (secondary N) is 1. The van der Waals surface area contributed by atoms with Crippen LogP contribution in [0, 0.1) is 18.8 Å². The molecule has 3 rings (SSSR count). The Morgan fingerprint density at radius 3 is 2.67 bits per heavy atom. The average molecular weight is 343 g/mol. The fraction of sp³-hybridized carbons (Fsp3) is 0.526. The lowest BCUT2D eigenvalue weighted by Gasteiger charge is -2.34. The van der Waals surface area contributed by atoms with E-state index in [9.17, 15) is 4.79 Å². The van der Waals surface area contributed by atoms with Crippen LogP contribution in [0.25, 0.3) is 11.0 Å². The van der Waals surface area contributed by atoms with Crippen LogP contribution < -0.4 is 5.32 Å². The van der Waals surface area contributed by atoms with Crippen molar-refractivity contribution in [1.82, 2.24) is 15.3 Å². The molecule has 1 aliphatic rings. The summed E-state index contributed by atoms with van der Waals surface area (Å²) in [6, 6.07) is 8.15. The molecule has 2 aromatic rings. The van der Waals surface area contributed by atoms with Crippen LogP contribution >= 0.6 is 11.8 Å². The molecule has 0 bridgehead atoms. The van der Waals surface area contributed by atoms with Gasteiger partial charge in [0.25, 0.3) is 0 Å². The Bertz CT molecular complexity index is 734. The van der Waals surface area contributed by atoms with Gasteiger partial charge in [0.15, 0.2) is 0 Å². The predicted molar refractivity (Wildman–Crippen MR) is 99.1 cm³/mol. The van der Waals surface area contributed by atoms with Gasteiger partial charge >= 0.3 is 0 Å². The number of para-hydroxylation sites is 2. The molecular formula is C19H25N3OS. The summed E-state index contributed by atoms with van der Waals surface area (Å²) in [6.45, 7) is 6.48. The smallest absolute Gasteiger partial charge is 0.230 e. The Balaban J connectivity index is 1.61. The third-order valence-corrected chi connectivity index (χ3v) is 6.16. The summed E-state index contributed by atoms with van der Waals surface area (Å²) in [5, 5.41) is 4.06. The van der Waals surface area contributed by atoms with Crippen LogP contribution in [0.2, 0.25) is 0 Å². The van der Waals surface area contributed by atoms with E-state index in [0.717, 1.165) is 28.2 Å². The number of benzene rings is 1. The molecule has 0 unspecified atom stereocenters. The maximum atomic E-state index is 12.3. The summed E-state index contributed by atoms with van der Waals surface area (Å²) >= 11 is 1.47. The number of aryl methyl sites for hydroxylation is 1. The molecule has 0 saturated heterocycles. The second-order valence-electron chi connectivity index (χ2n) is 6.83. The molecule has 5 heteroatoms. The lowest BCUT2D eigenvalue weighted by atomic mass is 9.78. The van der Waals surface area contributed by atoms with Crippen molar-refractivity contribution in [2.24, 2.45) is 11.8 Å². The SMILES string of the molecule is Cc1nc2ccccc2nc1SCC(=O)N[C@H]1CCC[C@H](C)[C@H]1C. The largest absolute Gasteiger partial charge is 0.352 e. The molecule has 24 heavy (non-hydrogen) atoms. The highest BCUT2D eigenvalue weighted by Gasteiger charge is 2.28. The molecule has 4 nitrogen and oxygen atoms in total. The minimum atomic E-state index is 0.0975. The van der Waals surface area contributed by atoms with Gasteiger partial charge in [-0.15, -0.1) is 0 Å². The van der Waals surface area contributed by atoms with Gasteiger partial charge in [0.05, 0.1) is 22.5 Å². The number of hydrogen-bond donors (Lipinski definition) is 1. The van der Waals surface area contributed by atoms with Gasteiger partial charge in [0.2, 0.25) is 5.91 Å². The molecule has 1 heterocycles. The number of rotatable bonds is 4. The number of hydrogen-bond acceptors (Lipinski definition) is 4. The first kappa shape index (κ1) is 17.2. The van der Waals surface area contributed by atoms with E-state index in [1.54, 1.807) is 0 Å². The average Bonchev–Trinajstić information content (AvgIpc) is 2.57. The maximum Gasteiger partial charge on any atom is 0.230 e. The van der Waals surface area contributed by atoms with Crippen LogP contribution in [0.4, 0.5) is 0 Å². The van der Waals surface area contributed by atoms with E-state index in [4.69, 9.17) is 0 Å². The lowest BCUT2D eigenvalue weighted by Crippen LogP contribution is -2.44. The summed E-state index contributed by atoms with van der Waals surface area (Å²) in [5.41, 5.74) is 2.65. The maximum absolute atomic E-state index is 12.3. The third-order valence-electron chi connectivity index (χ3n) is 5.09. The zero-order valence-electron chi connectivity index (χ0n) is 14.6. The van der Waals surface area contributed by atoms with Crippen molar-refractivity contribution in [1.29, 1.82) is 0 Å². The molecule has 1 amide bonds. The molecule has 1 aromatic carbocycles. The molecular weight excluding hydrogens is 318 g/mol. The molecule has 1 fully saturated rings. The predicted octanol–water partition coefficient (Wildman–Crippen LogP) is 3.97. The highest BCUT2D eigenvalue weighted by atomic mass is 32.2. The topological polar surface area (TPSA) is 54.9 Å². The Hall–Kier alpha value is -1.62. The number of carbonyl (C=O) groups excluding carboxylic acids is 1. The highest BCUT2D eigenvalue weighted by molar-refractivity contribution is 7.99. The lowest BCUT2D eigenvalue weighted by molar-refractivity contribution is -0.119. The molecule has 1 saturated carbocycles. The zero-order valence-corrected chi connectivity index (χ0v) is 15.4. The summed E-state index contributed by atoms with van der Waals surface area (Å²) in [6.07, 6.45) is 3.57. The summed E-state index contributed by atoms with van der Waals surface area (Å²) in [5.74, 6) is 1.73. The van der Waals surface area contributed by atoms with Crippen LogP contribution in [0.3, 0.4) is 0 Å². The van der Waals surface area contributed by atoms with Gasteiger partial charge in [0.1, 0.15) is 5.03 Å². The van der Waals surface area contributed by atoms with Crippen LogP contribution in [0.1, 0.15) is 38.8 Å². The first-order chi connectivity index (χ1) is 11.5. The minimum absolute atomic E-state index is 0.0975. The number of thioether (sulfide) groups is 1. The second-order valence-corrected chi connectivity index (χ2v) is 7.80. The van der Waals surface area contributed by atoms with E-state index in [0.29, 0.717) is 23.6 Å². The van der Waals surface area contributed by atoms with E-state index in [1.165, 1.54) is 24.6 Å². The summed E-state index contributed by atoms with van der Waals surface area (Å²) in [7, 11) is 0. The fourth-order valence-electron chi connectivity index (χ4n) is 3.38. The number of aromatic nitrogens is 2. The summed E-state index contributed by atoms with van der Waals surface area (Å²) in [4.78, 5) is 21.5.